The zero-order valence-corrected chi connectivity index (χ0v) is 23.7. The molecule has 6 nitrogen and oxygen atoms in total. The molecule has 0 aliphatic carbocycles. The van der Waals surface area contributed by atoms with Crippen LogP contribution in [0.4, 0.5) is 0 Å². The molecule has 0 aliphatic heterocycles. The molecule has 6 heteroatoms. The van der Waals surface area contributed by atoms with Gasteiger partial charge in [0.25, 0.3) is 0 Å². The molecule has 0 saturated heterocycles. The fourth-order valence-electron chi connectivity index (χ4n) is 4.61. The summed E-state index contributed by atoms with van der Waals surface area (Å²) in [6.45, 7) is 15.3. The van der Waals surface area contributed by atoms with E-state index in [0.29, 0.717) is 31.1 Å². The molecule has 0 fully saturated rings. The van der Waals surface area contributed by atoms with Crippen molar-refractivity contribution in [2.45, 2.75) is 137 Å². The van der Waals surface area contributed by atoms with E-state index in [2.05, 4.69) is 27.7 Å². The molecule has 0 aliphatic rings. The fraction of sp³-hybridized carbons (Fsp3) is 0.897. The first-order valence-corrected chi connectivity index (χ1v) is 13.9. The molecule has 6 unspecified atom stereocenters. The lowest BCUT2D eigenvalue weighted by Crippen LogP contribution is -2.64. The number of carbonyl (C=O) groups is 3. The highest BCUT2D eigenvalue weighted by Crippen LogP contribution is 2.30. The van der Waals surface area contributed by atoms with Crippen molar-refractivity contribution < 1.29 is 29.7 Å². The third kappa shape index (κ3) is 10.8. The van der Waals surface area contributed by atoms with Gasteiger partial charge in [-0.25, -0.2) is 0 Å². The first-order valence-electron chi connectivity index (χ1n) is 13.9. The van der Waals surface area contributed by atoms with Gasteiger partial charge in [0.1, 0.15) is 12.2 Å². The normalized spacial score (nSPS) is 18.1. The van der Waals surface area contributed by atoms with Gasteiger partial charge in [-0.1, -0.05) is 100 Å². The zero-order chi connectivity index (χ0) is 27.3. The SMILES string of the molecule is CCCCCC(C)C(=O)C(O)(C(=O)C(C)CCCC(C)C)C(O)C(O)C(=O)C(C)CCCC(C)C. The van der Waals surface area contributed by atoms with Gasteiger partial charge in [0.15, 0.2) is 17.3 Å². The summed E-state index contributed by atoms with van der Waals surface area (Å²) in [7, 11) is 0. The van der Waals surface area contributed by atoms with Gasteiger partial charge >= 0.3 is 0 Å². The number of hydrogen-bond donors (Lipinski definition) is 3. The summed E-state index contributed by atoms with van der Waals surface area (Å²) < 4.78 is 0. The van der Waals surface area contributed by atoms with Crippen LogP contribution < -0.4 is 0 Å². The number of Topliss-reactive ketones (excluding diaryl/α,β-unsaturated/α-hetero) is 3. The molecule has 0 radical (unpaired) electrons. The van der Waals surface area contributed by atoms with Crippen LogP contribution in [-0.4, -0.2) is 50.5 Å². The van der Waals surface area contributed by atoms with E-state index in [0.717, 1.165) is 44.9 Å². The van der Waals surface area contributed by atoms with Crippen molar-refractivity contribution in [1.82, 2.24) is 0 Å². The van der Waals surface area contributed by atoms with Crippen molar-refractivity contribution in [1.29, 1.82) is 0 Å². The predicted octanol–water partition coefficient (Wildman–Crippen LogP) is 5.29. The lowest BCUT2D eigenvalue weighted by Gasteiger charge is -2.36. The number of rotatable bonds is 20. The number of ketones is 3. The molecule has 0 aromatic heterocycles. The van der Waals surface area contributed by atoms with Crippen molar-refractivity contribution in [3.8, 4) is 0 Å². The topological polar surface area (TPSA) is 112 Å². The quantitative estimate of drug-likeness (QED) is 0.155. The van der Waals surface area contributed by atoms with Crippen LogP contribution in [0, 0.1) is 29.6 Å². The van der Waals surface area contributed by atoms with Crippen molar-refractivity contribution in [2.75, 3.05) is 0 Å². The van der Waals surface area contributed by atoms with E-state index in [1.54, 1.807) is 20.8 Å². The van der Waals surface area contributed by atoms with Crippen LogP contribution in [0.25, 0.3) is 0 Å². The fourth-order valence-corrected chi connectivity index (χ4v) is 4.61. The number of aliphatic hydroxyl groups is 3. The van der Waals surface area contributed by atoms with Crippen LogP contribution in [0.2, 0.25) is 0 Å². The van der Waals surface area contributed by atoms with Crippen LogP contribution >= 0.6 is 0 Å². The molecule has 35 heavy (non-hydrogen) atoms. The third-order valence-corrected chi connectivity index (χ3v) is 7.23. The Morgan fingerprint density at radius 2 is 1.03 bits per heavy atom. The second-order valence-electron chi connectivity index (χ2n) is 11.6. The molecule has 0 heterocycles. The van der Waals surface area contributed by atoms with Gasteiger partial charge in [-0.15, -0.1) is 0 Å². The summed E-state index contributed by atoms with van der Waals surface area (Å²) in [5.74, 6) is -3.24. The minimum Gasteiger partial charge on any atom is -0.386 e. The Morgan fingerprint density at radius 1 is 0.629 bits per heavy atom. The second kappa shape index (κ2) is 16.6. The Bertz CT molecular complexity index is 643. The van der Waals surface area contributed by atoms with Crippen LogP contribution in [0.1, 0.15) is 120 Å². The maximum absolute atomic E-state index is 13.4. The van der Waals surface area contributed by atoms with Crippen molar-refractivity contribution in [3.05, 3.63) is 0 Å². The van der Waals surface area contributed by atoms with Gasteiger partial charge < -0.3 is 15.3 Å². The smallest absolute Gasteiger partial charge is 0.210 e. The van der Waals surface area contributed by atoms with Gasteiger partial charge in [0, 0.05) is 17.8 Å². The molecule has 3 N–H and O–H groups in total. The molecule has 0 amide bonds. The van der Waals surface area contributed by atoms with Crippen LogP contribution in [-0.2, 0) is 14.4 Å². The van der Waals surface area contributed by atoms with Crippen LogP contribution in [0.15, 0.2) is 0 Å². The van der Waals surface area contributed by atoms with E-state index >= 15 is 0 Å². The van der Waals surface area contributed by atoms with Crippen molar-refractivity contribution in [3.63, 3.8) is 0 Å². The zero-order valence-electron chi connectivity index (χ0n) is 23.7. The molecule has 0 saturated carbocycles. The van der Waals surface area contributed by atoms with Crippen molar-refractivity contribution in [2.24, 2.45) is 29.6 Å². The van der Waals surface area contributed by atoms with E-state index in [4.69, 9.17) is 0 Å². The minimum absolute atomic E-state index is 0.457. The Hall–Kier alpha value is -1.11. The summed E-state index contributed by atoms with van der Waals surface area (Å²) >= 11 is 0. The summed E-state index contributed by atoms with van der Waals surface area (Å²) in [6, 6.07) is 0. The summed E-state index contributed by atoms with van der Waals surface area (Å²) in [6.07, 6.45) is 3.23. The number of unbranched alkanes of at least 4 members (excludes halogenated alkanes) is 2. The summed E-state index contributed by atoms with van der Waals surface area (Å²) in [5, 5.41) is 33.3. The third-order valence-electron chi connectivity index (χ3n) is 7.23. The van der Waals surface area contributed by atoms with Gasteiger partial charge in [0.05, 0.1) is 0 Å². The summed E-state index contributed by atoms with van der Waals surface area (Å²) in [4.78, 5) is 39.8. The molecule has 6 atom stereocenters. The molecule has 0 spiro atoms. The van der Waals surface area contributed by atoms with E-state index in [1.807, 2.05) is 6.92 Å². The number of carbonyl (C=O) groups excluding carboxylic acids is 3. The molecule has 0 aromatic carbocycles. The second-order valence-corrected chi connectivity index (χ2v) is 11.6. The van der Waals surface area contributed by atoms with Gasteiger partial charge in [0.2, 0.25) is 5.60 Å². The monoisotopic (exact) mass is 498 g/mol. The Labute approximate surface area is 214 Å². The van der Waals surface area contributed by atoms with Crippen molar-refractivity contribution >= 4 is 17.3 Å². The highest BCUT2D eigenvalue weighted by atomic mass is 16.4. The maximum Gasteiger partial charge on any atom is 0.210 e. The molecule has 206 valence electrons. The lowest BCUT2D eigenvalue weighted by atomic mass is 9.73. The number of hydrogen-bond acceptors (Lipinski definition) is 6. The van der Waals surface area contributed by atoms with Gasteiger partial charge in [-0.2, -0.15) is 0 Å². The molecular formula is C29H54O6. The Kier molecular flexibility index (Phi) is 16.1. The van der Waals surface area contributed by atoms with Gasteiger partial charge in [-0.05, 0) is 31.1 Å². The molecule has 0 rings (SSSR count). The highest BCUT2D eigenvalue weighted by molar-refractivity contribution is 6.13. The van der Waals surface area contributed by atoms with Crippen LogP contribution in [0.3, 0.4) is 0 Å². The highest BCUT2D eigenvalue weighted by Gasteiger charge is 2.55. The molecule has 0 aromatic rings. The van der Waals surface area contributed by atoms with E-state index in [-0.39, 0.29) is 0 Å². The Morgan fingerprint density at radius 3 is 1.43 bits per heavy atom. The molecular weight excluding hydrogens is 444 g/mol. The lowest BCUT2D eigenvalue weighted by molar-refractivity contribution is -0.179. The number of aliphatic hydroxyl groups excluding tert-OH is 2. The van der Waals surface area contributed by atoms with E-state index < -0.39 is 52.9 Å². The Balaban J connectivity index is 5.80. The molecule has 0 bridgehead atoms. The van der Waals surface area contributed by atoms with Gasteiger partial charge in [-0.3, -0.25) is 14.4 Å². The summed E-state index contributed by atoms with van der Waals surface area (Å²) in [5.41, 5.74) is -2.81. The average molecular weight is 499 g/mol. The average Bonchev–Trinajstić information content (AvgIpc) is 2.80. The minimum atomic E-state index is -2.81. The largest absolute Gasteiger partial charge is 0.386 e. The standard InChI is InChI=1S/C29H54O6/c1-9-10-11-16-22(7)26(32)29(35,27(33)23(8)18-13-15-20(4)5)28(34)25(31)24(30)21(6)17-12-14-19(2)3/h19-23,25,28,31,34-35H,9-18H2,1-8H3. The predicted molar refractivity (Wildman–Crippen MR) is 141 cm³/mol. The van der Waals surface area contributed by atoms with E-state index in [9.17, 15) is 29.7 Å². The maximum atomic E-state index is 13.4. The first kappa shape index (κ1) is 33.9. The van der Waals surface area contributed by atoms with Crippen LogP contribution in [0.5, 0.6) is 0 Å². The van der Waals surface area contributed by atoms with E-state index in [1.165, 1.54) is 0 Å². The first-order chi connectivity index (χ1) is 16.2.